The molecule has 0 aliphatic carbocycles. The van der Waals surface area contributed by atoms with Crippen molar-refractivity contribution in [1.29, 1.82) is 0 Å². The number of nitrogens with one attached hydrogen (secondary N) is 2. The highest BCUT2D eigenvalue weighted by molar-refractivity contribution is 5.97. The number of aromatic nitrogens is 1. The predicted octanol–water partition coefficient (Wildman–Crippen LogP) is 3.61. The number of carbonyl (C=O) groups is 2. The lowest BCUT2D eigenvalue weighted by atomic mass is 9.97. The van der Waals surface area contributed by atoms with Crippen LogP contribution in [0.3, 0.4) is 0 Å². The van der Waals surface area contributed by atoms with Crippen molar-refractivity contribution in [3.8, 4) is 0 Å². The molecule has 1 aromatic carbocycles. The third-order valence-corrected chi connectivity index (χ3v) is 3.83. The number of amides is 2. The third kappa shape index (κ3) is 4.62. The monoisotopic (exact) mass is 343 g/mol. The van der Waals surface area contributed by atoms with Crippen LogP contribution < -0.4 is 10.6 Å². The molecular formula is C19H22FN3O2. The first kappa shape index (κ1) is 18.6. The smallest absolute Gasteiger partial charge is 0.254 e. The van der Waals surface area contributed by atoms with Crippen LogP contribution in [-0.2, 0) is 4.79 Å². The first-order chi connectivity index (χ1) is 11.8. The Labute approximate surface area is 146 Å². The van der Waals surface area contributed by atoms with Gasteiger partial charge >= 0.3 is 0 Å². The van der Waals surface area contributed by atoms with E-state index >= 15 is 0 Å². The normalized spacial score (nSPS) is 11.9. The summed E-state index contributed by atoms with van der Waals surface area (Å²) in [5.74, 6) is -1.42. The van der Waals surface area contributed by atoms with Crippen LogP contribution in [0, 0.1) is 18.7 Å². The molecule has 6 heteroatoms. The number of nitrogens with zero attached hydrogens (tertiary/aromatic N) is 1. The molecule has 0 aliphatic heterocycles. The van der Waals surface area contributed by atoms with E-state index in [1.54, 1.807) is 6.20 Å². The SMILES string of the molecule is CC(=O)Nc1ccc(F)c(C(=O)N[C@@H](c2ncccc2C)C(C)C)c1. The number of carbonyl (C=O) groups excluding carboxylic acids is 2. The Morgan fingerprint density at radius 1 is 1.20 bits per heavy atom. The van der Waals surface area contributed by atoms with Crippen LogP contribution in [0.5, 0.6) is 0 Å². The Bertz CT molecular complexity index is 790. The number of hydrogen-bond acceptors (Lipinski definition) is 3. The fourth-order valence-electron chi connectivity index (χ4n) is 2.57. The number of benzene rings is 1. The van der Waals surface area contributed by atoms with Crippen molar-refractivity contribution < 1.29 is 14.0 Å². The van der Waals surface area contributed by atoms with Crippen LogP contribution in [-0.4, -0.2) is 16.8 Å². The van der Waals surface area contributed by atoms with Gasteiger partial charge in [0, 0.05) is 18.8 Å². The zero-order chi connectivity index (χ0) is 18.6. The highest BCUT2D eigenvalue weighted by Gasteiger charge is 2.23. The molecule has 0 saturated heterocycles. The van der Waals surface area contributed by atoms with Gasteiger partial charge in [-0.3, -0.25) is 14.6 Å². The summed E-state index contributed by atoms with van der Waals surface area (Å²) in [7, 11) is 0. The standard InChI is InChI=1S/C19H22FN3O2/c1-11(2)17(18-12(3)6-5-9-21-18)23-19(25)15-10-14(22-13(4)24)7-8-16(15)20/h5-11,17H,1-4H3,(H,22,24)(H,23,25)/t17-/m1/s1. The second-order valence-electron chi connectivity index (χ2n) is 6.28. The lowest BCUT2D eigenvalue weighted by Crippen LogP contribution is -2.33. The summed E-state index contributed by atoms with van der Waals surface area (Å²) in [5.41, 5.74) is 1.96. The Hall–Kier alpha value is -2.76. The second-order valence-corrected chi connectivity index (χ2v) is 6.28. The van der Waals surface area contributed by atoms with Gasteiger partial charge in [-0.05, 0) is 42.7 Å². The Morgan fingerprint density at radius 3 is 2.52 bits per heavy atom. The predicted molar refractivity (Wildman–Crippen MR) is 94.7 cm³/mol. The number of rotatable bonds is 5. The summed E-state index contributed by atoms with van der Waals surface area (Å²) >= 11 is 0. The highest BCUT2D eigenvalue weighted by Crippen LogP contribution is 2.24. The van der Waals surface area contributed by atoms with Crippen LogP contribution in [0.4, 0.5) is 10.1 Å². The lowest BCUT2D eigenvalue weighted by Gasteiger charge is -2.23. The summed E-state index contributed by atoms with van der Waals surface area (Å²) in [4.78, 5) is 28.1. The summed E-state index contributed by atoms with van der Waals surface area (Å²) < 4.78 is 14.1. The van der Waals surface area contributed by atoms with Gasteiger partial charge in [-0.25, -0.2) is 4.39 Å². The van der Waals surface area contributed by atoms with Gasteiger partial charge in [0.15, 0.2) is 0 Å². The molecule has 1 aromatic heterocycles. The minimum Gasteiger partial charge on any atom is -0.343 e. The number of aryl methyl sites for hydroxylation is 1. The number of halogens is 1. The summed E-state index contributed by atoms with van der Waals surface area (Å²) in [6.07, 6.45) is 1.67. The molecule has 1 heterocycles. The summed E-state index contributed by atoms with van der Waals surface area (Å²) in [5, 5.41) is 5.40. The van der Waals surface area contributed by atoms with E-state index < -0.39 is 11.7 Å². The third-order valence-electron chi connectivity index (χ3n) is 3.83. The minimum atomic E-state index is -0.646. The zero-order valence-electron chi connectivity index (χ0n) is 14.8. The van der Waals surface area contributed by atoms with Crippen LogP contribution in [0.1, 0.15) is 48.4 Å². The highest BCUT2D eigenvalue weighted by atomic mass is 19.1. The van der Waals surface area contributed by atoms with Gasteiger partial charge < -0.3 is 10.6 Å². The topological polar surface area (TPSA) is 71.1 Å². The molecule has 0 radical (unpaired) electrons. The van der Waals surface area contributed by atoms with Gasteiger partial charge in [-0.2, -0.15) is 0 Å². The fraction of sp³-hybridized carbons (Fsp3) is 0.316. The molecule has 2 amide bonds. The van der Waals surface area contributed by atoms with Gasteiger partial charge in [0.05, 0.1) is 17.3 Å². The quantitative estimate of drug-likeness (QED) is 0.871. The molecule has 5 nitrogen and oxygen atoms in total. The maximum absolute atomic E-state index is 14.1. The van der Waals surface area contributed by atoms with Crippen molar-refractivity contribution >= 4 is 17.5 Å². The van der Waals surface area contributed by atoms with E-state index in [1.165, 1.54) is 19.1 Å². The van der Waals surface area contributed by atoms with Gasteiger partial charge in [0.25, 0.3) is 5.91 Å². The molecule has 0 aliphatic rings. The van der Waals surface area contributed by atoms with E-state index in [0.29, 0.717) is 5.69 Å². The molecule has 132 valence electrons. The molecule has 2 aromatic rings. The Morgan fingerprint density at radius 2 is 1.92 bits per heavy atom. The number of pyridine rings is 1. The van der Waals surface area contributed by atoms with Crippen molar-refractivity contribution in [3.05, 3.63) is 59.2 Å². The van der Waals surface area contributed by atoms with E-state index in [0.717, 1.165) is 17.3 Å². The average Bonchev–Trinajstić information content (AvgIpc) is 2.54. The van der Waals surface area contributed by atoms with Crippen molar-refractivity contribution in [3.63, 3.8) is 0 Å². The van der Waals surface area contributed by atoms with Crippen molar-refractivity contribution in [1.82, 2.24) is 10.3 Å². The maximum atomic E-state index is 14.1. The molecule has 25 heavy (non-hydrogen) atoms. The van der Waals surface area contributed by atoms with Crippen LogP contribution >= 0.6 is 0 Å². The van der Waals surface area contributed by atoms with Crippen LogP contribution in [0.2, 0.25) is 0 Å². The number of anilines is 1. The van der Waals surface area contributed by atoms with Gasteiger partial charge in [0.1, 0.15) is 5.82 Å². The average molecular weight is 343 g/mol. The van der Waals surface area contributed by atoms with E-state index in [-0.39, 0.29) is 23.4 Å². The Kier molecular flexibility index (Phi) is 5.85. The molecule has 1 atom stereocenters. The summed E-state index contributed by atoms with van der Waals surface area (Å²) in [6.45, 7) is 7.19. The fourth-order valence-corrected chi connectivity index (χ4v) is 2.57. The van der Waals surface area contributed by atoms with E-state index in [1.807, 2.05) is 32.9 Å². The molecule has 0 bridgehead atoms. The molecule has 0 unspecified atom stereocenters. The summed E-state index contributed by atoms with van der Waals surface area (Å²) in [6, 6.07) is 7.30. The van der Waals surface area contributed by atoms with E-state index in [9.17, 15) is 14.0 Å². The molecule has 0 spiro atoms. The Balaban J connectivity index is 2.30. The minimum absolute atomic E-state index is 0.0686. The van der Waals surface area contributed by atoms with Crippen LogP contribution in [0.15, 0.2) is 36.5 Å². The van der Waals surface area contributed by atoms with E-state index in [4.69, 9.17) is 0 Å². The van der Waals surface area contributed by atoms with Gasteiger partial charge in [-0.1, -0.05) is 19.9 Å². The lowest BCUT2D eigenvalue weighted by molar-refractivity contribution is -0.114. The van der Waals surface area contributed by atoms with Crippen molar-refractivity contribution in [2.24, 2.45) is 5.92 Å². The van der Waals surface area contributed by atoms with Gasteiger partial charge in [-0.15, -0.1) is 0 Å². The first-order valence-corrected chi connectivity index (χ1v) is 8.09. The van der Waals surface area contributed by atoms with Gasteiger partial charge in [0.2, 0.25) is 5.91 Å². The van der Waals surface area contributed by atoms with Crippen LogP contribution in [0.25, 0.3) is 0 Å². The second kappa shape index (κ2) is 7.88. The molecule has 0 saturated carbocycles. The zero-order valence-corrected chi connectivity index (χ0v) is 14.8. The largest absolute Gasteiger partial charge is 0.343 e. The van der Waals surface area contributed by atoms with Crippen molar-refractivity contribution in [2.45, 2.75) is 33.7 Å². The van der Waals surface area contributed by atoms with E-state index in [2.05, 4.69) is 15.6 Å². The molecule has 0 fully saturated rings. The molecule has 2 rings (SSSR count). The van der Waals surface area contributed by atoms with Crippen molar-refractivity contribution in [2.75, 3.05) is 5.32 Å². The first-order valence-electron chi connectivity index (χ1n) is 8.09. The number of hydrogen-bond donors (Lipinski definition) is 2. The molecule has 2 N–H and O–H groups in total. The molecular weight excluding hydrogens is 321 g/mol. The maximum Gasteiger partial charge on any atom is 0.254 e.